The fraction of sp³-hybridized carbons (Fsp3) is 0.500. The predicted octanol–water partition coefficient (Wildman–Crippen LogP) is 6.77. The van der Waals surface area contributed by atoms with Gasteiger partial charge >= 0.3 is 0 Å². The van der Waals surface area contributed by atoms with Gasteiger partial charge < -0.3 is 9.47 Å². The monoisotopic (exact) mass is 390 g/mol. The molecule has 0 heterocycles. The first-order valence-electron chi connectivity index (χ1n) is 9.98. The quantitative estimate of drug-likeness (QED) is 0.277. The van der Waals surface area contributed by atoms with E-state index < -0.39 is 11.6 Å². The van der Waals surface area contributed by atoms with Crippen molar-refractivity contribution in [3.8, 4) is 24.3 Å². The molecule has 1 fully saturated rings. The Hall–Kier alpha value is -2.28. The summed E-state index contributed by atoms with van der Waals surface area (Å²) < 4.78 is 38.7. The van der Waals surface area contributed by atoms with Gasteiger partial charge in [-0.2, -0.15) is 8.78 Å². The molecule has 1 aromatic rings. The van der Waals surface area contributed by atoms with Gasteiger partial charge in [-0.25, -0.2) is 0 Å². The van der Waals surface area contributed by atoms with Crippen LogP contribution in [0.4, 0.5) is 8.78 Å². The normalized spacial score (nSPS) is 15.2. The third kappa shape index (κ3) is 6.71. The number of ether oxygens (including phenoxy) is 2. The van der Waals surface area contributed by atoms with Gasteiger partial charge in [-0.3, -0.25) is 0 Å². The molecule has 0 amide bonds. The Kier molecular flexibility index (Phi) is 11.0. The van der Waals surface area contributed by atoms with Crippen LogP contribution in [0, 0.1) is 37.3 Å². The topological polar surface area (TPSA) is 18.5 Å². The number of benzene rings is 1. The number of hydrogen-bond acceptors (Lipinski definition) is 2. The van der Waals surface area contributed by atoms with Crippen molar-refractivity contribution in [1.82, 2.24) is 0 Å². The minimum Gasteiger partial charge on any atom is -0.490 e. The molecule has 154 valence electrons. The summed E-state index contributed by atoms with van der Waals surface area (Å²) in [5, 5.41) is 0. The molecular formula is C24H32F2O2. The van der Waals surface area contributed by atoms with E-state index in [0.717, 1.165) is 0 Å². The van der Waals surface area contributed by atoms with Gasteiger partial charge in [0.15, 0.2) is 11.5 Å². The van der Waals surface area contributed by atoms with Gasteiger partial charge in [0.25, 0.3) is 0 Å². The van der Waals surface area contributed by atoms with Crippen LogP contribution in [0.3, 0.4) is 0 Å². The summed E-state index contributed by atoms with van der Waals surface area (Å²) in [6.07, 6.45) is 21.5. The van der Waals surface area contributed by atoms with Gasteiger partial charge in [0.05, 0.1) is 13.2 Å². The molecule has 4 heteroatoms. The lowest BCUT2D eigenvalue weighted by Crippen LogP contribution is -2.08. The zero-order chi connectivity index (χ0) is 20.9. The molecule has 2 nitrogen and oxygen atoms in total. The lowest BCUT2D eigenvalue weighted by molar-refractivity contribution is 0.284. The van der Waals surface area contributed by atoms with Crippen molar-refractivity contribution in [1.29, 1.82) is 0 Å². The van der Waals surface area contributed by atoms with Gasteiger partial charge in [-0.1, -0.05) is 37.5 Å². The second-order valence-electron chi connectivity index (χ2n) is 6.74. The Morgan fingerprint density at radius 2 is 1.82 bits per heavy atom. The predicted molar refractivity (Wildman–Crippen MR) is 112 cm³/mol. The van der Waals surface area contributed by atoms with Crippen molar-refractivity contribution >= 4 is 0 Å². The lowest BCUT2D eigenvalue weighted by atomic mass is 9.83. The molecule has 0 spiro atoms. The molecule has 0 aromatic heterocycles. The molecule has 0 bridgehead atoms. The molecule has 0 saturated heterocycles. The summed E-state index contributed by atoms with van der Waals surface area (Å²) >= 11 is 0. The molecule has 1 aliphatic rings. The molecule has 0 atom stereocenters. The summed E-state index contributed by atoms with van der Waals surface area (Å²) in [6, 6.07) is 1.49. The highest BCUT2D eigenvalue weighted by atomic mass is 19.2. The number of hydrogen-bond donors (Lipinski definition) is 0. The fourth-order valence-electron chi connectivity index (χ4n) is 3.49. The second kappa shape index (κ2) is 13.0. The van der Waals surface area contributed by atoms with Gasteiger partial charge in [0, 0.05) is 0 Å². The van der Waals surface area contributed by atoms with E-state index in [1.54, 1.807) is 13.8 Å². The second-order valence-corrected chi connectivity index (χ2v) is 6.74. The van der Waals surface area contributed by atoms with E-state index in [4.69, 9.17) is 9.47 Å². The Labute approximate surface area is 168 Å². The highest BCUT2D eigenvalue weighted by Gasteiger charge is 2.18. The number of rotatable bonds is 8. The van der Waals surface area contributed by atoms with Gasteiger partial charge in [-0.05, 0) is 63.2 Å². The Balaban J connectivity index is 0.00000190. The first-order valence-corrected chi connectivity index (χ1v) is 9.98. The minimum atomic E-state index is -0.987. The lowest BCUT2D eigenvalue weighted by Gasteiger charge is -2.22. The van der Waals surface area contributed by atoms with E-state index in [1.807, 2.05) is 0 Å². The van der Waals surface area contributed by atoms with Crippen LogP contribution >= 0.6 is 0 Å². The summed E-state index contributed by atoms with van der Waals surface area (Å²) in [6.45, 7) is 6.09. The Morgan fingerprint density at radius 3 is 2.43 bits per heavy atom. The van der Waals surface area contributed by atoms with E-state index in [1.165, 1.54) is 43.7 Å². The maximum Gasteiger partial charge on any atom is 0.204 e. The van der Waals surface area contributed by atoms with Crippen LogP contribution < -0.4 is 9.47 Å². The number of aryl methyl sites for hydroxylation is 1. The molecule has 2 rings (SSSR count). The average Bonchev–Trinajstić information content (AvgIpc) is 2.73. The van der Waals surface area contributed by atoms with Crippen LogP contribution in [0.1, 0.15) is 57.9 Å². The first kappa shape index (κ1) is 23.8. The molecular weight excluding hydrogens is 358 g/mol. The summed E-state index contributed by atoms with van der Waals surface area (Å²) in [7, 11) is 0. The molecule has 0 unspecified atom stereocenters. The average molecular weight is 391 g/mol. The van der Waals surface area contributed by atoms with Crippen molar-refractivity contribution in [3.05, 3.63) is 47.1 Å². The van der Waals surface area contributed by atoms with Crippen molar-refractivity contribution in [3.63, 3.8) is 0 Å². The van der Waals surface area contributed by atoms with Crippen molar-refractivity contribution in [2.24, 2.45) is 5.92 Å². The summed E-state index contributed by atoms with van der Waals surface area (Å²) in [4.78, 5) is 0. The van der Waals surface area contributed by atoms with Crippen LogP contribution in [0.5, 0.6) is 11.5 Å². The smallest absolute Gasteiger partial charge is 0.204 e. The molecule has 0 aliphatic heterocycles. The summed E-state index contributed by atoms with van der Waals surface area (Å²) in [5.74, 6) is -1.41. The van der Waals surface area contributed by atoms with E-state index in [-0.39, 0.29) is 18.1 Å². The van der Waals surface area contributed by atoms with Gasteiger partial charge in [-0.15, -0.1) is 12.8 Å². The Bertz CT molecular complexity index is 684. The molecule has 0 N–H and O–H groups in total. The van der Waals surface area contributed by atoms with Crippen LogP contribution in [0.2, 0.25) is 0 Å². The van der Waals surface area contributed by atoms with Crippen molar-refractivity contribution < 1.29 is 18.3 Å². The number of allylic oxidation sites excluding steroid dienone is 3. The highest BCUT2D eigenvalue weighted by Crippen LogP contribution is 2.32. The van der Waals surface area contributed by atoms with Crippen molar-refractivity contribution in [2.45, 2.75) is 59.3 Å². The minimum absolute atomic E-state index is 0.0394. The van der Waals surface area contributed by atoms with Gasteiger partial charge in [0.2, 0.25) is 11.6 Å². The number of terminal acetylenes is 1. The number of halogens is 2. The van der Waals surface area contributed by atoms with E-state index >= 15 is 0 Å². The molecule has 28 heavy (non-hydrogen) atoms. The van der Waals surface area contributed by atoms with Crippen LogP contribution in [0.15, 0.2) is 29.9 Å². The SMILES string of the molecule is C#C.C/C=C(\C=C/CCOc1cc(C)c(OCC)c(F)c1F)C1CCCCC1. The first-order chi connectivity index (χ1) is 13.6. The van der Waals surface area contributed by atoms with E-state index in [0.29, 0.717) is 24.5 Å². The van der Waals surface area contributed by atoms with E-state index in [2.05, 4.69) is 38.0 Å². The third-order valence-corrected chi connectivity index (χ3v) is 4.87. The maximum absolute atomic E-state index is 14.1. The van der Waals surface area contributed by atoms with Crippen LogP contribution in [0.25, 0.3) is 0 Å². The maximum atomic E-state index is 14.1. The van der Waals surface area contributed by atoms with Crippen LogP contribution in [-0.2, 0) is 0 Å². The molecule has 1 saturated carbocycles. The van der Waals surface area contributed by atoms with Crippen LogP contribution in [-0.4, -0.2) is 13.2 Å². The molecule has 0 radical (unpaired) electrons. The molecule has 1 aliphatic carbocycles. The highest BCUT2D eigenvalue weighted by molar-refractivity contribution is 5.42. The van der Waals surface area contributed by atoms with Gasteiger partial charge in [0.1, 0.15) is 0 Å². The zero-order valence-corrected chi connectivity index (χ0v) is 17.3. The standard InChI is InChI=1S/C22H30F2O2.C2H2/c1-4-17(18-12-7-6-8-13-18)11-9-10-14-26-19-15-16(3)22(25-5-2)21(24)20(19)23;1-2/h4,9,11,15,18H,5-8,10,12-14H2,1-3H3;1-2H/b11-9-,17-4+;. The molecule has 1 aromatic carbocycles. The fourth-order valence-corrected chi connectivity index (χ4v) is 3.49. The summed E-state index contributed by atoms with van der Waals surface area (Å²) in [5.41, 5.74) is 1.91. The Morgan fingerprint density at radius 1 is 1.14 bits per heavy atom. The largest absolute Gasteiger partial charge is 0.490 e. The third-order valence-electron chi connectivity index (χ3n) is 4.87. The van der Waals surface area contributed by atoms with Crippen molar-refractivity contribution in [2.75, 3.05) is 13.2 Å². The van der Waals surface area contributed by atoms with E-state index in [9.17, 15) is 8.78 Å². The zero-order valence-electron chi connectivity index (χ0n) is 17.3.